The van der Waals surface area contributed by atoms with Crippen molar-refractivity contribution < 1.29 is 5.11 Å². The van der Waals surface area contributed by atoms with Crippen LogP contribution in [0.25, 0.3) is 0 Å². The Labute approximate surface area is 65.9 Å². The highest BCUT2D eigenvalue weighted by Crippen LogP contribution is 2.21. The lowest BCUT2D eigenvalue weighted by atomic mass is 10.1. The number of hydrogen-bond donors (Lipinski definition) is 2. The molecule has 0 bridgehead atoms. The molecule has 3 nitrogen and oxygen atoms in total. The van der Waals surface area contributed by atoms with Crippen LogP contribution in [-0.4, -0.2) is 10.1 Å². The van der Waals surface area contributed by atoms with Gasteiger partial charge >= 0.3 is 0 Å². The quantitative estimate of drug-likeness (QED) is 0.627. The van der Waals surface area contributed by atoms with Crippen molar-refractivity contribution in [2.24, 2.45) is 5.73 Å². The van der Waals surface area contributed by atoms with Crippen molar-refractivity contribution in [2.75, 3.05) is 0 Å². The fraction of sp³-hybridized carbons (Fsp3) is 0.375. The minimum atomic E-state index is 0.229. The second-order valence-corrected chi connectivity index (χ2v) is 2.56. The number of pyridine rings is 1. The molecular formula is C8H12N2O. The summed E-state index contributed by atoms with van der Waals surface area (Å²) in [6, 6.07) is 0. The van der Waals surface area contributed by atoms with E-state index in [9.17, 15) is 5.11 Å². The standard InChI is InChI=1S/C8H12N2O/c1-5-4-10-6(2)8(11)7(5)3-9/h4,11H,3,9H2,1-2H3. The summed E-state index contributed by atoms with van der Waals surface area (Å²) in [6.07, 6.45) is 1.72. The van der Waals surface area contributed by atoms with Crippen molar-refractivity contribution in [2.45, 2.75) is 20.4 Å². The first-order valence-corrected chi connectivity index (χ1v) is 3.51. The van der Waals surface area contributed by atoms with E-state index >= 15 is 0 Å². The highest BCUT2D eigenvalue weighted by molar-refractivity contribution is 5.39. The molecular weight excluding hydrogens is 140 g/mol. The molecule has 3 heteroatoms. The van der Waals surface area contributed by atoms with Crippen LogP contribution in [0.1, 0.15) is 16.8 Å². The molecule has 0 spiro atoms. The molecule has 0 saturated carbocycles. The van der Waals surface area contributed by atoms with Crippen molar-refractivity contribution in [1.82, 2.24) is 4.98 Å². The molecule has 60 valence electrons. The van der Waals surface area contributed by atoms with Gasteiger partial charge in [-0.1, -0.05) is 0 Å². The molecule has 3 N–H and O–H groups in total. The van der Waals surface area contributed by atoms with Gasteiger partial charge in [-0.05, 0) is 19.4 Å². The molecule has 1 aromatic rings. The van der Waals surface area contributed by atoms with Crippen LogP contribution in [0.5, 0.6) is 5.75 Å². The monoisotopic (exact) mass is 152 g/mol. The summed E-state index contributed by atoms with van der Waals surface area (Å²) in [5, 5.41) is 9.44. The zero-order valence-corrected chi connectivity index (χ0v) is 6.76. The summed E-state index contributed by atoms with van der Waals surface area (Å²) in [5.41, 5.74) is 7.80. The van der Waals surface area contributed by atoms with Crippen molar-refractivity contribution in [3.05, 3.63) is 23.0 Å². The van der Waals surface area contributed by atoms with Gasteiger partial charge in [0, 0.05) is 18.3 Å². The van der Waals surface area contributed by atoms with Crippen molar-refractivity contribution >= 4 is 0 Å². The maximum Gasteiger partial charge on any atom is 0.141 e. The first-order valence-electron chi connectivity index (χ1n) is 3.51. The predicted octanol–water partition coefficient (Wildman–Crippen LogP) is 0.863. The van der Waals surface area contributed by atoms with Gasteiger partial charge in [0.25, 0.3) is 0 Å². The Balaban J connectivity index is 3.29. The smallest absolute Gasteiger partial charge is 0.141 e. The first kappa shape index (κ1) is 8.01. The van der Waals surface area contributed by atoms with Crippen molar-refractivity contribution in [3.8, 4) is 5.75 Å². The van der Waals surface area contributed by atoms with Gasteiger partial charge in [0.2, 0.25) is 0 Å². The zero-order chi connectivity index (χ0) is 8.43. The summed E-state index contributed by atoms with van der Waals surface area (Å²) in [5.74, 6) is 0.229. The normalized spacial score (nSPS) is 10.1. The topological polar surface area (TPSA) is 59.1 Å². The summed E-state index contributed by atoms with van der Waals surface area (Å²) in [4.78, 5) is 3.98. The van der Waals surface area contributed by atoms with E-state index < -0.39 is 0 Å². The van der Waals surface area contributed by atoms with Gasteiger partial charge in [-0.25, -0.2) is 0 Å². The van der Waals surface area contributed by atoms with Crippen LogP contribution in [0.2, 0.25) is 0 Å². The second kappa shape index (κ2) is 2.88. The number of hydrogen-bond acceptors (Lipinski definition) is 3. The molecule has 0 aromatic carbocycles. The lowest BCUT2D eigenvalue weighted by Gasteiger charge is -2.06. The van der Waals surface area contributed by atoms with Crippen LogP contribution >= 0.6 is 0 Å². The van der Waals surface area contributed by atoms with E-state index in [1.165, 1.54) is 0 Å². The minimum Gasteiger partial charge on any atom is -0.506 e. The average Bonchev–Trinajstić information content (AvgIpc) is 1.99. The van der Waals surface area contributed by atoms with Gasteiger partial charge in [0.15, 0.2) is 0 Å². The highest BCUT2D eigenvalue weighted by atomic mass is 16.3. The Kier molecular flexibility index (Phi) is 2.10. The molecule has 0 amide bonds. The third kappa shape index (κ3) is 1.33. The van der Waals surface area contributed by atoms with Crippen molar-refractivity contribution in [3.63, 3.8) is 0 Å². The van der Waals surface area contributed by atoms with E-state index in [2.05, 4.69) is 4.98 Å². The van der Waals surface area contributed by atoms with E-state index in [1.54, 1.807) is 13.1 Å². The van der Waals surface area contributed by atoms with E-state index in [-0.39, 0.29) is 5.75 Å². The predicted molar refractivity (Wildman–Crippen MR) is 43.3 cm³/mol. The first-order chi connectivity index (χ1) is 5.16. The van der Waals surface area contributed by atoms with Crippen LogP contribution in [0.4, 0.5) is 0 Å². The fourth-order valence-corrected chi connectivity index (χ4v) is 0.996. The van der Waals surface area contributed by atoms with Gasteiger partial charge in [-0.2, -0.15) is 0 Å². The largest absolute Gasteiger partial charge is 0.506 e. The molecule has 1 aromatic heterocycles. The number of aromatic hydroxyl groups is 1. The maximum atomic E-state index is 9.44. The fourth-order valence-electron chi connectivity index (χ4n) is 0.996. The number of nitrogens with two attached hydrogens (primary N) is 1. The molecule has 0 saturated heterocycles. The molecule has 0 fully saturated rings. The zero-order valence-electron chi connectivity index (χ0n) is 6.76. The summed E-state index contributed by atoms with van der Waals surface area (Å²) >= 11 is 0. The van der Waals surface area contributed by atoms with Gasteiger partial charge in [-0.3, -0.25) is 4.98 Å². The van der Waals surface area contributed by atoms with Gasteiger partial charge in [0.1, 0.15) is 5.75 Å². The SMILES string of the molecule is Cc1cnc(C)c(O)c1CN. The molecule has 0 unspecified atom stereocenters. The highest BCUT2D eigenvalue weighted by Gasteiger charge is 2.05. The van der Waals surface area contributed by atoms with E-state index in [0.29, 0.717) is 12.2 Å². The lowest BCUT2D eigenvalue weighted by Crippen LogP contribution is -2.01. The lowest BCUT2D eigenvalue weighted by molar-refractivity contribution is 0.459. The number of nitrogens with zero attached hydrogens (tertiary/aromatic N) is 1. The Hall–Kier alpha value is -1.09. The third-order valence-corrected chi connectivity index (χ3v) is 1.76. The Morgan fingerprint density at radius 2 is 2.18 bits per heavy atom. The van der Waals surface area contributed by atoms with Crippen molar-refractivity contribution in [1.29, 1.82) is 0 Å². The molecule has 11 heavy (non-hydrogen) atoms. The van der Waals surface area contributed by atoms with Crippen LogP contribution in [0, 0.1) is 13.8 Å². The number of rotatable bonds is 1. The number of aromatic nitrogens is 1. The third-order valence-electron chi connectivity index (χ3n) is 1.76. The van der Waals surface area contributed by atoms with Gasteiger partial charge in [0.05, 0.1) is 5.69 Å². The maximum absolute atomic E-state index is 9.44. The van der Waals surface area contributed by atoms with E-state index in [0.717, 1.165) is 11.1 Å². The Morgan fingerprint density at radius 3 is 2.64 bits per heavy atom. The Bertz CT molecular complexity index is 271. The van der Waals surface area contributed by atoms with Gasteiger partial charge in [-0.15, -0.1) is 0 Å². The molecule has 0 aliphatic rings. The van der Waals surface area contributed by atoms with Crippen LogP contribution in [-0.2, 0) is 6.54 Å². The summed E-state index contributed by atoms with van der Waals surface area (Å²) in [7, 11) is 0. The average molecular weight is 152 g/mol. The molecule has 0 aliphatic carbocycles. The Morgan fingerprint density at radius 1 is 1.55 bits per heavy atom. The molecule has 0 aliphatic heterocycles. The molecule has 1 rings (SSSR count). The van der Waals surface area contributed by atoms with Gasteiger partial charge < -0.3 is 10.8 Å². The van der Waals surface area contributed by atoms with Crippen LogP contribution < -0.4 is 5.73 Å². The van der Waals surface area contributed by atoms with Crippen LogP contribution in [0.3, 0.4) is 0 Å². The molecule has 1 heterocycles. The second-order valence-electron chi connectivity index (χ2n) is 2.56. The van der Waals surface area contributed by atoms with Crippen LogP contribution in [0.15, 0.2) is 6.20 Å². The molecule has 0 atom stereocenters. The molecule has 0 radical (unpaired) electrons. The number of aryl methyl sites for hydroxylation is 2. The summed E-state index contributed by atoms with van der Waals surface area (Å²) < 4.78 is 0. The summed E-state index contributed by atoms with van der Waals surface area (Å²) in [6.45, 7) is 4.00. The minimum absolute atomic E-state index is 0.229. The van der Waals surface area contributed by atoms with E-state index in [1.807, 2.05) is 6.92 Å². The van der Waals surface area contributed by atoms with E-state index in [4.69, 9.17) is 5.73 Å².